The number of hydrogen-bond donors (Lipinski definition) is 2. The zero-order chi connectivity index (χ0) is 18.1. The van der Waals surface area contributed by atoms with Gasteiger partial charge < -0.3 is 16.0 Å². The van der Waals surface area contributed by atoms with Gasteiger partial charge in [-0.3, -0.25) is 9.59 Å². The number of benzene rings is 1. The Hall–Kier alpha value is -1.59. The Labute approximate surface area is 153 Å². The molecule has 4 atom stereocenters. The Balaban J connectivity index is 1.70. The molecule has 3 rings (SSSR count). The predicted octanol–water partition coefficient (Wildman–Crippen LogP) is 2.29. The molecule has 5 nitrogen and oxygen atoms in total. The van der Waals surface area contributed by atoms with Gasteiger partial charge in [0.1, 0.15) is 6.04 Å². The number of carbonyl (C=O) groups is 2. The first-order valence-corrected chi connectivity index (χ1v) is 9.36. The normalized spacial score (nSPS) is 26.6. The van der Waals surface area contributed by atoms with Gasteiger partial charge in [-0.25, -0.2) is 0 Å². The lowest BCUT2D eigenvalue weighted by Crippen LogP contribution is -2.51. The number of likely N-dealkylation sites (tertiary alicyclic amines) is 1. The topological polar surface area (TPSA) is 75.4 Å². The van der Waals surface area contributed by atoms with E-state index in [1.54, 1.807) is 24.3 Å². The number of rotatable bonds is 4. The summed E-state index contributed by atoms with van der Waals surface area (Å²) in [7, 11) is 0. The smallest absolute Gasteiger partial charge is 0.253 e. The maximum absolute atomic E-state index is 13.0. The highest BCUT2D eigenvalue weighted by Gasteiger charge is 2.44. The van der Waals surface area contributed by atoms with Gasteiger partial charge in [0.15, 0.2) is 0 Å². The van der Waals surface area contributed by atoms with Crippen LogP contribution >= 0.6 is 11.6 Å². The molecule has 0 radical (unpaired) electrons. The molecule has 1 saturated heterocycles. The van der Waals surface area contributed by atoms with Crippen molar-refractivity contribution in [1.29, 1.82) is 0 Å². The van der Waals surface area contributed by atoms with Crippen LogP contribution in [0.5, 0.6) is 0 Å². The molecule has 1 saturated carbocycles. The van der Waals surface area contributed by atoms with Crippen molar-refractivity contribution in [3.8, 4) is 0 Å². The highest BCUT2D eigenvalue weighted by Crippen LogP contribution is 2.37. The number of nitrogens with two attached hydrogens (primary N) is 1. The van der Waals surface area contributed by atoms with Gasteiger partial charge >= 0.3 is 0 Å². The van der Waals surface area contributed by atoms with Crippen molar-refractivity contribution in [3.63, 3.8) is 0 Å². The van der Waals surface area contributed by atoms with Crippen LogP contribution in [0.4, 0.5) is 0 Å². The second-order valence-corrected chi connectivity index (χ2v) is 7.99. The third-order valence-electron chi connectivity index (χ3n) is 5.56. The lowest BCUT2D eigenvalue weighted by Gasteiger charge is -2.28. The van der Waals surface area contributed by atoms with E-state index in [4.69, 9.17) is 17.3 Å². The SMILES string of the molecule is CC(C)C(NC(=O)c1ccccc1Cl)C(=O)N1CC2CCC(N)C2C1. The van der Waals surface area contributed by atoms with Crippen molar-refractivity contribution in [2.45, 2.75) is 38.8 Å². The minimum absolute atomic E-state index is 0.00643. The zero-order valence-electron chi connectivity index (χ0n) is 14.7. The quantitative estimate of drug-likeness (QED) is 0.861. The van der Waals surface area contributed by atoms with Crippen molar-refractivity contribution in [1.82, 2.24) is 10.2 Å². The van der Waals surface area contributed by atoms with Gasteiger partial charge in [-0.2, -0.15) is 0 Å². The molecule has 0 bridgehead atoms. The van der Waals surface area contributed by atoms with Gasteiger partial charge in [-0.1, -0.05) is 37.6 Å². The van der Waals surface area contributed by atoms with Gasteiger partial charge in [0.2, 0.25) is 5.91 Å². The van der Waals surface area contributed by atoms with E-state index in [0.29, 0.717) is 29.0 Å². The van der Waals surface area contributed by atoms with Crippen molar-refractivity contribution < 1.29 is 9.59 Å². The molecule has 1 aliphatic carbocycles. The summed E-state index contributed by atoms with van der Waals surface area (Å²) in [4.78, 5) is 27.5. The zero-order valence-corrected chi connectivity index (χ0v) is 15.5. The third kappa shape index (κ3) is 3.67. The van der Waals surface area contributed by atoms with E-state index in [0.717, 1.165) is 19.4 Å². The maximum atomic E-state index is 13.0. The van der Waals surface area contributed by atoms with Crippen LogP contribution < -0.4 is 11.1 Å². The van der Waals surface area contributed by atoms with Crippen LogP contribution in [0, 0.1) is 17.8 Å². The van der Waals surface area contributed by atoms with E-state index in [2.05, 4.69) is 5.32 Å². The molecule has 6 heteroatoms. The van der Waals surface area contributed by atoms with Gasteiger partial charge in [-0.15, -0.1) is 0 Å². The molecule has 1 heterocycles. The molecule has 2 fully saturated rings. The van der Waals surface area contributed by atoms with Crippen LogP contribution in [-0.4, -0.2) is 41.9 Å². The van der Waals surface area contributed by atoms with Crippen molar-refractivity contribution in [2.75, 3.05) is 13.1 Å². The highest BCUT2D eigenvalue weighted by atomic mass is 35.5. The largest absolute Gasteiger partial charge is 0.340 e. The second kappa shape index (κ2) is 7.34. The summed E-state index contributed by atoms with van der Waals surface area (Å²) in [5.41, 5.74) is 6.56. The van der Waals surface area contributed by atoms with E-state index >= 15 is 0 Å². The van der Waals surface area contributed by atoms with E-state index in [9.17, 15) is 9.59 Å². The average molecular weight is 364 g/mol. The number of nitrogens with zero attached hydrogens (tertiary/aromatic N) is 1. The monoisotopic (exact) mass is 363 g/mol. The molecule has 1 aromatic rings. The molecule has 136 valence electrons. The standard InChI is InChI=1S/C19H26ClN3O2/c1-11(2)17(22-18(24)13-5-3-4-6-15(13)20)19(25)23-9-12-7-8-16(21)14(12)10-23/h3-6,11-12,14,16-17H,7-10,21H2,1-2H3,(H,22,24). The molecule has 25 heavy (non-hydrogen) atoms. The molecule has 1 aliphatic heterocycles. The first-order chi connectivity index (χ1) is 11.9. The molecule has 3 N–H and O–H groups in total. The lowest BCUT2D eigenvalue weighted by atomic mass is 9.98. The minimum Gasteiger partial charge on any atom is -0.340 e. The summed E-state index contributed by atoms with van der Waals surface area (Å²) in [5.74, 6) is 0.570. The Morgan fingerprint density at radius 1 is 1.24 bits per heavy atom. The van der Waals surface area contributed by atoms with E-state index in [-0.39, 0.29) is 23.8 Å². The molecule has 2 amide bonds. The molecule has 4 unspecified atom stereocenters. The number of amides is 2. The van der Waals surface area contributed by atoms with Gasteiger partial charge in [0, 0.05) is 19.1 Å². The molecule has 1 aromatic carbocycles. The Kier molecular flexibility index (Phi) is 5.35. The van der Waals surface area contributed by atoms with Crippen molar-refractivity contribution in [3.05, 3.63) is 34.9 Å². The lowest BCUT2D eigenvalue weighted by molar-refractivity contribution is -0.133. The first-order valence-electron chi connectivity index (χ1n) is 8.98. The Morgan fingerprint density at radius 2 is 1.96 bits per heavy atom. The molecule has 0 spiro atoms. The average Bonchev–Trinajstić information content (AvgIpc) is 3.14. The Bertz CT molecular complexity index is 664. The molecule has 2 aliphatic rings. The van der Waals surface area contributed by atoms with Crippen LogP contribution in [0.1, 0.15) is 37.0 Å². The highest BCUT2D eigenvalue weighted by molar-refractivity contribution is 6.33. The van der Waals surface area contributed by atoms with Gasteiger partial charge in [-0.05, 0) is 42.7 Å². The van der Waals surface area contributed by atoms with E-state index in [1.165, 1.54) is 0 Å². The van der Waals surface area contributed by atoms with Crippen molar-refractivity contribution in [2.24, 2.45) is 23.5 Å². The molecular weight excluding hydrogens is 338 g/mol. The van der Waals surface area contributed by atoms with Crippen LogP contribution in [-0.2, 0) is 4.79 Å². The van der Waals surface area contributed by atoms with Crippen LogP contribution in [0.3, 0.4) is 0 Å². The second-order valence-electron chi connectivity index (χ2n) is 7.58. The van der Waals surface area contributed by atoms with Gasteiger partial charge in [0.25, 0.3) is 5.91 Å². The Morgan fingerprint density at radius 3 is 2.60 bits per heavy atom. The first kappa shape index (κ1) is 18.2. The summed E-state index contributed by atoms with van der Waals surface area (Å²) in [6.07, 6.45) is 2.14. The fraction of sp³-hybridized carbons (Fsp3) is 0.579. The van der Waals surface area contributed by atoms with E-state index < -0.39 is 6.04 Å². The fourth-order valence-corrected chi connectivity index (χ4v) is 4.28. The summed E-state index contributed by atoms with van der Waals surface area (Å²) in [5, 5.41) is 3.27. The maximum Gasteiger partial charge on any atom is 0.253 e. The summed E-state index contributed by atoms with van der Waals surface area (Å²) in [6.45, 7) is 5.34. The molecular formula is C19H26ClN3O2. The minimum atomic E-state index is -0.557. The van der Waals surface area contributed by atoms with E-state index in [1.807, 2.05) is 18.7 Å². The summed E-state index contributed by atoms with van der Waals surface area (Å²) >= 11 is 6.10. The summed E-state index contributed by atoms with van der Waals surface area (Å²) < 4.78 is 0. The van der Waals surface area contributed by atoms with Crippen LogP contribution in [0.15, 0.2) is 24.3 Å². The van der Waals surface area contributed by atoms with Crippen LogP contribution in [0.25, 0.3) is 0 Å². The van der Waals surface area contributed by atoms with Crippen LogP contribution in [0.2, 0.25) is 5.02 Å². The number of hydrogen-bond acceptors (Lipinski definition) is 3. The number of nitrogens with one attached hydrogen (secondary N) is 1. The third-order valence-corrected chi connectivity index (χ3v) is 5.89. The van der Waals surface area contributed by atoms with Gasteiger partial charge in [0.05, 0.1) is 10.6 Å². The number of halogens is 1. The number of fused-ring (bicyclic) bond motifs is 1. The summed E-state index contributed by atoms with van der Waals surface area (Å²) in [6, 6.07) is 6.51. The predicted molar refractivity (Wildman–Crippen MR) is 98.3 cm³/mol. The van der Waals surface area contributed by atoms with Crippen molar-refractivity contribution >= 4 is 23.4 Å². The fourth-order valence-electron chi connectivity index (χ4n) is 4.06. The molecule has 0 aromatic heterocycles. The number of carbonyl (C=O) groups excluding carboxylic acids is 2.